The maximum Gasteiger partial charge on any atom is 0.410 e. The molecule has 0 radical (unpaired) electrons. The van der Waals surface area contributed by atoms with Crippen molar-refractivity contribution in [2.45, 2.75) is 160 Å². The van der Waals surface area contributed by atoms with Gasteiger partial charge in [-0.25, -0.2) is 14.4 Å². The number of carboxylic acids is 1. The van der Waals surface area contributed by atoms with E-state index in [2.05, 4.69) is 79.5 Å². The van der Waals surface area contributed by atoms with Gasteiger partial charge in [0, 0.05) is 86.7 Å². The largest absolute Gasteiger partial charge is 0.481 e. The molecule has 6 aromatic rings. The molecule has 19 nitrogen and oxygen atoms in total. The fraction of sp³-hybridized carbons (Fsp3) is 0.524. The van der Waals surface area contributed by atoms with Gasteiger partial charge < -0.3 is 64.1 Å². The van der Waals surface area contributed by atoms with Gasteiger partial charge in [0.25, 0.3) is 0 Å². The number of amides is 5. The number of carboxylic acid groups (broad SMARTS) is 1. The maximum absolute atomic E-state index is 13.1. The van der Waals surface area contributed by atoms with Crippen molar-refractivity contribution >= 4 is 84.9 Å². The summed E-state index contributed by atoms with van der Waals surface area (Å²) in [5.74, 6) is 0.396. The smallest absolute Gasteiger partial charge is 0.410 e. The predicted octanol–water partition coefficient (Wildman–Crippen LogP) is 13.6. The molecule has 0 atom stereocenters. The Hall–Kier alpha value is -7.06. The Labute approximate surface area is 499 Å². The molecule has 6 rings (SSSR count). The Morgan fingerprint density at radius 1 is 0.554 bits per heavy atom. The van der Waals surface area contributed by atoms with Gasteiger partial charge in [0.1, 0.15) is 33.6 Å². The summed E-state index contributed by atoms with van der Waals surface area (Å²) in [5, 5.41) is 20.2. The SMILES string of the molecule is CC(C)(C)OC(=O)NCCC(=O)NCc1ccc2occc2c1.CC(C)(C)OC(=O)NCCC(=O)O.CC(C)CBr.CC(C)CN(Cc1ccc2occc2c1)C(=O)CCN(CC(C)C)C(=O)OC(C)(C)C.NCc1ccc2occc2c1. The van der Waals surface area contributed by atoms with E-state index < -0.39 is 35.0 Å². The van der Waals surface area contributed by atoms with Gasteiger partial charge in [-0.05, 0) is 151 Å². The molecule has 3 heterocycles. The van der Waals surface area contributed by atoms with Crippen molar-refractivity contribution in [2.24, 2.45) is 23.5 Å². The van der Waals surface area contributed by atoms with Crippen LogP contribution >= 0.6 is 15.9 Å². The zero-order valence-electron chi connectivity index (χ0n) is 51.6. The Morgan fingerprint density at radius 2 is 0.964 bits per heavy atom. The van der Waals surface area contributed by atoms with E-state index in [1.54, 1.807) is 65.2 Å². The minimum absolute atomic E-state index is 0.0401. The van der Waals surface area contributed by atoms with Crippen LogP contribution in [0.15, 0.2) is 105 Å². The molecule has 460 valence electrons. The summed E-state index contributed by atoms with van der Waals surface area (Å²) < 4.78 is 31.4. The van der Waals surface area contributed by atoms with Crippen molar-refractivity contribution < 1.29 is 61.3 Å². The highest BCUT2D eigenvalue weighted by Crippen LogP contribution is 2.21. The van der Waals surface area contributed by atoms with Crippen LogP contribution in [0, 0.1) is 17.8 Å². The first kappa shape index (κ1) is 72.0. The van der Waals surface area contributed by atoms with Crippen LogP contribution in [0.2, 0.25) is 0 Å². The number of furan rings is 3. The zero-order chi connectivity index (χ0) is 62.5. The minimum atomic E-state index is -0.948. The van der Waals surface area contributed by atoms with Crippen molar-refractivity contribution in [3.8, 4) is 0 Å². The summed E-state index contributed by atoms with van der Waals surface area (Å²) in [7, 11) is 0. The lowest BCUT2D eigenvalue weighted by molar-refractivity contribution is -0.137. The number of aliphatic carboxylic acids is 1. The van der Waals surface area contributed by atoms with Crippen LogP contribution in [0.25, 0.3) is 32.9 Å². The predicted molar refractivity (Wildman–Crippen MR) is 330 cm³/mol. The molecule has 0 fully saturated rings. The number of nitrogens with two attached hydrogens (primary N) is 1. The first-order valence-electron chi connectivity index (χ1n) is 28.1. The van der Waals surface area contributed by atoms with E-state index in [4.69, 9.17) is 38.3 Å². The van der Waals surface area contributed by atoms with Crippen molar-refractivity contribution in [1.29, 1.82) is 0 Å². The topological polar surface area (TPSA) is 258 Å². The summed E-state index contributed by atoms with van der Waals surface area (Å²) in [6.45, 7) is 32.3. The first-order chi connectivity index (χ1) is 38.8. The molecular weight excluding hydrogens is 1130 g/mol. The minimum Gasteiger partial charge on any atom is -0.481 e. The number of fused-ring (bicyclic) bond motifs is 3. The average Bonchev–Trinajstić information content (AvgIpc) is 4.33. The Morgan fingerprint density at radius 3 is 1.39 bits per heavy atom. The molecule has 3 aromatic heterocycles. The molecule has 5 amide bonds. The number of nitrogens with one attached hydrogen (secondary N) is 3. The fourth-order valence-corrected chi connectivity index (χ4v) is 7.18. The number of hydrogen-bond acceptors (Lipinski definition) is 13. The number of carbonyl (C=O) groups is 6. The van der Waals surface area contributed by atoms with E-state index in [1.807, 2.05) is 92.4 Å². The molecule has 0 saturated carbocycles. The number of alkyl halides is 1. The van der Waals surface area contributed by atoms with Gasteiger partial charge in [-0.2, -0.15) is 0 Å². The number of hydrogen-bond donors (Lipinski definition) is 5. The van der Waals surface area contributed by atoms with Gasteiger partial charge in [0.05, 0.1) is 25.2 Å². The van der Waals surface area contributed by atoms with Gasteiger partial charge >= 0.3 is 24.2 Å². The second kappa shape index (κ2) is 35.8. The molecule has 3 aromatic carbocycles. The second-order valence-electron chi connectivity index (χ2n) is 23.9. The Kier molecular flexibility index (Phi) is 31.1. The lowest BCUT2D eigenvalue weighted by Gasteiger charge is -2.30. The van der Waals surface area contributed by atoms with Gasteiger partial charge in [0.2, 0.25) is 11.8 Å². The van der Waals surface area contributed by atoms with Gasteiger partial charge in [-0.3, -0.25) is 14.4 Å². The molecular formula is C63H93BrN6O13. The summed E-state index contributed by atoms with van der Waals surface area (Å²) in [6.07, 6.45) is 3.89. The third kappa shape index (κ3) is 32.4. The number of benzene rings is 3. The molecule has 20 heteroatoms. The summed E-state index contributed by atoms with van der Waals surface area (Å²) in [6, 6.07) is 23.5. The molecule has 0 bridgehead atoms. The van der Waals surface area contributed by atoms with Crippen molar-refractivity contribution in [1.82, 2.24) is 25.8 Å². The highest BCUT2D eigenvalue weighted by Gasteiger charge is 2.25. The zero-order valence-corrected chi connectivity index (χ0v) is 53.2. The third-order valence-electron chi connectivity index (χ3n) is 10.8. The number of carbonyl (C=O) groups excluding carboxylic acids is 5. The van der Waals surface area contributed by atoms with Crippen molar-refractivity contribution in [2.75, 3.05) is 38.1 Å². The molecule has 0 spiro atoms. The van der Waals surface area contributed by atoms with E-state index >= 15 is 0 Å². The summed E-state index contributed by atoms with van der Waals surface area (Å²) >= 11 is 3.31. The molecule has 6 N–H and O–H groups in total. The molecule has 0 unspecified atom stereocenters. The molecule has 0 aliphatic rings. The van der Waals surface area contributed by atoms with Crippen LogP contribution in [-0.4, -0.2) is 106 Å². The lowest BCUT2D eigenvalue weighted by atomic mass is 10.1. The van der Waals surface area contributed by atoms with E-state index in [0.717, 1.165) is 60.8 Å². The number of ether oxygens (including phenoxy) is 3. The molecule has 0 aliphatic carbocycles. The quantitative estimate of drug-likeness (QED) is 0.0373. The first-order valence-corrected chi connectivity index (χ1v) is 29.2. The number of nitrogens with zero attached hydrogens (tertiary/aromatic N) is 2. The number of rotatable bonds is 19. The molecule has 0 aliphatic heterocycles. The van der Waals surface area contributed by atoms with E-state index in [0.29, 0.717) is 45.2 Å². The Balaban J connectivity index is 0.000000393. The average molecular weight is 1220 g/mol. The Bertz CT molecular complexity index is 2910. The van der Waals surface area contributed by atoms with Crippen LogP contribution in [0.4, 0.5) is 14.4 Å². The van der Waals surface area contributed by atoms with Gasteiger partial charge in [-0.1, -0.05) is 75.7 Å². The van der Waals surface area contributed by atoms with E-state index in [9.17, 15) is 28.8 Å². The van der Waals surface area contributed by atoms with Crippen LogP contribution in [0.1, 0.15) is 140 Å². The van der Waals surface area contributed by atoms with Crippen LogP contribution < -0.4 is 21.7 Å². The van der Waals surface area contributed by atoms with Gasteiger partial charge in [-0.15, -0.1) is 0 Å². The highest BCUT2D eigenvalue weighted by atomic mass is 79.9. The number of alkyl carbamates (subject to hydrolysis) is 2. The second-order valence-corrected chi connectivity index (χ2v) is 24.5. The number of halogens is 1. The van der Waals surface area contributed by atoms with E-state index in [-0.39, 0.29) is 56.2 Å². The molecule has 83 heavy (non-hydrogen) atoms. The summed E-state index contributed by atoms with van der Waals surface area (Å²) in [4.78, 5) is 73.5. The van der Waals surface area contributed by atoms with Crippen LogP contribution in [0.5, 0.6) is 0 Å². The van der Waals surface area contributed by atoms with Crippen LogP contribution in [0.3, 0.4) is 0 Å². The van der Waals surface area contributed by atoms with Crippen molar-refractivity contribution in [3.05, 3.63) is 108 Å². The highest BCUT2D eigenvalue weighted by molar-refractivity contribution is 9.09. The summed E-state index contributed by atoms with van der Waals surface area (Å²) in [5.41, 5.74) is 9.60. The monoisotopic (exact) mass is 1220 g/mol. The van der Waals surface area contributed by atoms with Crippen LogP contribution in [-0.2, 0) is 48.2 Å². The van der Waals surface area contributed by atoms with E-state index in [1.165, 1.54) is 0 Å². The molecule has 0 saturated heterocycles. The lowest BCUT2D eigenvalue weighted by Crippen LogP contribution is -2.42. The maximum atomic E-state index is 13.1. The fourth-order valence-electron chi connectivity index (χ4n) is 7.18. The van der Waals surface area contributed by atoms with Crippen molar-refractivity contribution in [3.63, 3.8) is 0 Å². The normalized spacial score (nSPS) is 11.2. The standard InChI is InChI=1S/C25H38N2O4.C17H22N2O4.C9H9NO.C8H15NO4.C4H9Br/c1-18(2)15-26(24(29)31-25(5,6)7)12-10-23(28)27(16-19(3)4)17-20-8-9-22-21(14-20)11-13-30-22;1-17(2,3)23-16(21)18-8-6-15(20)19-11-12-4-5-14-13(10-12)7-9-22-14;10-6-7-1-2-9-8(5-7)3-4-11-9;1-8(2,3)13-7(12)9-5-4-6(10)11;1-4(2)3-5/h8-9,11,13-14,18-19H,10,12,15-17H2,1-7H3;4-5,7,9-10H,6,8,11H2,1-3H3,(H,18,21)(H,19,20);1-5H,6,10H2;4-5H2,1-3H3,(H,9,12)(H,10,11);4H,3H2,1-2H3. The van der Waals surface area contributed by atoms with Gasteiger partial charge in [0.15, 0.2) is 0 Å². The third-order valence-corrected chi connectivity index (χ3v) is 12.1.